The first kappa shape index (κ1) is 21.4. The van der Waals surface area contributed by atoms with Gasteiger partial charge in [-0.1, -0.05) is 30.3 Å². The molecule has 0 saturated carbocycles. The van der Waals surface area contributed by atoms with Crippen LogP contribution in [0.3, 0.4) is 0 Å². The highest BCUT2D eigenvalue weighted by atomic mass is 35.5. The van der Waals surface area contributed by atoms with Gasteiger partial charge >= 0.3 is 5.97 Å². The molecule has 26 heavy (non-hydrogen) atoms. The molecule has 2 aromatic rings. The monoisotopic (exact) mass is 378 g/mol. The van der Waals surface area contributed by atoms with Gasteiger partial charge in [-0.15, -0.1) is 12.4 Å². The lowest BCUT2D eigenvalue weighted by atomic mass is 10.2. The number of nitrogens with zero attached hydrogens (tertiary/aromatic N) is 2. The van der Waals surface area contributed by atoms with E-state index >= 15 is 0 Å². The molecule has 0 spiro atoms. The van der Waals surface area contributed by atoms with Crippen LogP contribution in [0.1, 0.15) is 27.7 Å². The van der Waals surface area contributed by atoms with E-state index in [2.05, 4.69) is 20.6 Å². The highest BCUT2D eigenvalue weighted by Crippen LogP contribution is 2.23. The van der Waals surface area contributed by atoms with Crippen molar-refractivity contribution >= 4 is 35.8 Å². The van der Waals surface area contributed by atoms with Gasteiger partial charge < -0.3 is 15.4 Å². The lowest BCUT2D eigenvalue weighted by Gasteiger charge is -2.20. The molecule has 1 heterocycles. The van der Waals surface area contributed by atoms with Gasteiger partial charge in [-0.2, -0.15) is 0 Å². The van der Waals surface area contributed by atoms with E-state index in [1.807, 2.05) is 30.3 Å². The van der Waals surface area contributed by atoms with Crippen LogP contribution in [0, 0.1) is 0 Å². The molecule has 8 heteroatoms. The maximum Gasteiger partial charge on any atom is 0.325 e. The Kier molecular flexibility index (Phi) is 7.52. The minimum absolute atomic E-state index is 0. The van der Waals surface area contributed by atoms with Crippen LogP contribution in [0.15, 0.2) is 36.5 Å². The number of aromatic nitrogens is 2. The summed E-state index contributed by atoms with van der Waals surface area (Å²) in [5.74, 6) is 0.175. The van der Waals surface area contributed by atoms with Crippen molar-refractivity contribution in [3.63, 3.8) is 0 Å². The number of ether oxygens (including phenoxy) is 1. The molecule has 1 aromatic heterocycles. The number of rotatable bonds is 5. The Bertz CT molecular complexity index is 761. The molecule has 0 aliphatic carbocycles. The molecule has 1 amide bonds. The number of nitrogens with one attached hydrogen (secondary N) is 2. The first-order chi connectivity index (χ1) is 11.7. The van der Waals surface area contributed by atoms with E-state index in [0.29, 0.717) is 17.3 Å². The van der Waals surface area contributed by atoms with E-state index in [9.17, 15) is 9.59 Å². The highest BCUT2D eigenvalue weighted by Gasteiger charge is 2.17. The number of hydrogen-bond acceptors (Lipinski definition) is 6. The Labute approximate surface area is 159 Å². The van der Waals surface area contributed by atoms with Crippen molar-refractivity contribution in [1.29, 1.82) is 0 Å². The molecule has 0 radical (unpaired) electrons. The summed E-state index contributed by atoms with van der Waals surface area (Å²) in [7, 11) is 0. The fourth-order valence-corrected chi connectivity index (χ4v) is 2.06. The number of carbonyl (C=O) groups is 2. The van der Waals surface area contributed by atoms with Gasteiger partial charge in [-0.05, 0) is 20.8 Å². The number of amides is 1. The second kappa shape index (κ2) is 9.15. The van der Waals surface area contributed by atoms with Gasteiger partial charge in [0.25, 0.3) is 0 Å². The van der Waals surface area contributed by atoms with Gasteiger partial charge in [0.15, 0.2) is 11.6 Å². The Morgan fingerprint density at radius 3 is 2.38 bits per heavy atom. The fourth-order valence-electron chi connectivity index (χ4n) is 2.06. The van der Waals surface area contributed by atoms with E-state index in [-0.39, 0.29) is 24.9 Å². The third-order valence-electron chi connectivity index (χ3n) is 2.95. The number of hydrogen-bond donors (Lipinski definition) is 2. The summed E-state index contributed by atoms with van der Waals surface area (Å²) >= 11 is 0. The van der Waals surface area contributed by atoms with Crippen LogP contribution in [-0.4, -0.2) is 34.0 Å². The summed E-state index contributed by atoms with van der Waals surface area (Å²) in [6, 6.07) is 9.43. The minimum atomic E-state index is -0.569. The molecule has 7 nitrogen and oxygen atoms in total. The maximum absolute atomic E-state index is 11.9. The molecule has 0 saturated heterocycles. The standard InChI is InChI=1S/C18H22N4O3.ClH/c1-12(23)21-14-10-19-16(13-8-6-5-7-9-13)22-17(14)20-11-15(24)25-18(2,3)4;/h5-10H,11H2,1-4H3,(H,21,23)(H,19,20,22);1H. The van der Waals surface area contributed by atoms with Crippen molar-refractivity contribution in [2.24, 2.45) is 0 Å². The molecule has 0 fully saturated rings. The maximum atomic E-state index is 11.9. The number of benzene rings is 1. The predicted molar refractivity (Wildman–Crippen MR) is 103 cm³/mol. The molecule has 0 unspecified atom stereocenters. The summed E-state index contributed by atoms with van der Waals surface area (Å²) in [5, 5.41) is 5.56. The number of carbonyl (C=O) groups excluding carboxylic acids is 2. The Morgan fingerprint density at radius 1 is 1.15 bits per heavy atom. The van der Waals surface area contributed by atoms with E-state index in [1.54, 1.807) is 20.8 Å². The van der Waals surface area contributed by atoms with Crippen molar-refractivity contribution in [3.05, 3.63) is 36.5 Å². The molecule has 1 aromatic carbocycles. The van der Waals surface area contributed by atoms with Crippen LogP contribution < -0.4 is 10.6 Å². The third-order valence-corrected chi connectivity index (χ3v) is 2.95. The van der Waals surface area contributed by atoms with Crippen molar-refractivity contribution in [2.75, 3.05) is 17.2 Å². The van der Waals surface area contributed by atoms with Crippen LogP contribution in [0.2, 0.25) is 0 Å². The van der Waals surface area contributed by atoms with Gasteiger partial charge in [0.2, 0.25) is 5.91 Å². The Balaban J connectivity index is 0.00000338. The largest absolute Gasteiger partial charge is 0.459 e. The van der Waals surface area contributed by atoms with E-state index in [1.165, 1.54) is 13.1 Å². The normalized spacial score (nSPS) is 10.5. The molecule has 0 atom stereocenters. The Hall–Kier alpha value is -2.67. The second-order valence-electron chi connectivity index (χ2n) is 6.44. The minimum Gasteiger partial charge on any atom is -0.459 e. The molecule has 2 N–H and O–H groups in total. The van der Waals surface area contributed by atoms with Gasteiger partial charge in [0.1, 0.15) is 17.8 Å². The summed E-state index contributed by atoms with van der Waals surface area (Å²) in [6.07, 6.45) is 1.51. The van der Waals surface area contributed by atoms with Crippen LogP contribution in [0.4, 0.5) is 11.5 Å². The van der Waals surface area contributed by atoms with Crippen LogP contribution in [0.5, 0.6) is 0 Å². The van der Waals surface area contributed by atoms with Crippen LogP contribution >= 0.6 is 12.4 Å². The molecule has 0 aliphatic heterocycles. The molecule has 0 aliphatic rings. The number of anilines is 2. The quantitative estimate of drug-likeness (QED) is 0.775. The first-order valence-corrected chi connectivity index (χ1v) is 7.90. The summed E-state index contributed by atoms with van der Waals surface area (Å²) in [4.78, 5) is 32.0. The second-order valence-corrected chi connectivity index (χ2v) is 6.44. The first-order valence-electron chi connectivity index (χ1n) is 7.90. The predicted octanol–water partition coefficient (Wildman–Crippen LogP) is 3.28. The zero-order valence-corrected chi connectivity index (χ0v) is 16.0. The molecule has 140 valence electrons. The SMILES string of the molecule is CC(=O)Nc1cnc(-c2ccccc2)nc1NCC(=O)OC(C)(C)C.Cl. The van der Waals surface area contributed by atoms with Gasteiger partial charge in [-0.25, -0.2) is 9.97 Å². The van der Waals surface area contributed by atoms with Gasteiger partial charge in [0.05, 0.1) is 6.20 Å². The van der Waals surface area contributed by atoms with E-state index in [0.717, 1.165) is 5.56 Å². The molecular formula is C18H23ClN4O3. The molecular weight excluding hydrogens is 356 g/mol. The van der Waals surface area contributed by atoms with Gasteiger partial charge in [0, 0.05) is 12.5 Å². The lowest BCUT2D eigenvalue weighted by molar-refractivity contribution is -0.152. The molecule has 2 rings (SSSR count). The average Bonchev–Trinajstić information content (AvgIpc) is 2.52. The topological polar surface area (TPSA) is 93.2 Å². The number of esters is 1. The lowest BCUT2D eigenvalue weighted by Crippen LogP contribution is -2.28. The van der Waals surface area contributed by atoms with Crippen molar-refractivity contribution < 1.29 is 14.3 Å². The third kappa shape index (κ3) is 6.68. The molecule has 0 bridgehead atoms. The number of halogens is 1. The fraction of sp³-hybridized carbons (Fsp3) is 0.333. The summed E-state index contributed by atoms with van der Waals surface area (Å²) < 4.78 is 5.26. The zero-order chi connectivity index (χ0) is 18.4. The average molecular weight is 379 g/mol. The van der Waals surface area contributed by atoms with Gasteiger partial charge in [-0.3, -0.25) is 9.59 Å². The summed E-state index contributed by atoms with van der Waals surface area (Å²) in [5.41, 5.74) is 0.660. The smallest absolute Gasteiger partial charge is 0.325 e. The van der Waals surface area contributed by atoms with Crippen molar-refractivity contribution in [3.8, 4) is 11.4 Å². The van der Waals surface area contributed by atoms with E-state index in [4.69, 9.17) is 4.74 Å². The summed E-state index contributed by atoms with van der Waals surface area (Å²) in [6.45, 7) is 6.71. The van der Waals surface area contributed by atoms with Crippen molar-refractivity contribution in [1.82, 2.24) is 9.97 Å². The Morgan fingerprint density at radius 2 is 1.81 bits per heavy atom. The van der Waals surface area contributed by atoms with Crippen LogP contribution in [-0.2, 0) is 14.3 Å². The van der Waals surface area contributed by atoms with Crippen molar-refractivity contribution in [2.45, 2.75) is 33.3 Å². The van der Waals surface area contributed by atoms with E-state index < -0.39 is 11.6 Å². The highest BCUT2D eigenvalue weighted by molar-refractivity contribution is 5.92. The zero-order valence-electron chi connectivity index (χ0n) is 15.2. The van der Waals surface area contributed by atoms with Crippen LogP contribution in [0.25, 0.3) is 11.4 Å².